The number of aryl methyl sites for hydroxylation is 2. The van der Waals surface area contributed by atoms with Crippen LogP contribution in [0.4, 0.5) is 0 Å². The molecule has 5 rings (SSSR count). The van der Waals surface area contributed by atoms with Gasteiger partial charge < -0.3 is 18.1 Å². The molecule has 1 atom stereocenters. The third kappa shape index (κ3) is 5.35. The molecule has 0 aliphatic rings. The average Bonchev–Trinajstić information content (AvgIpc) is 3.66. The molecule has 0 saturated carbocycles. The second kappa shape index (κ2) is 10.4. The largest absolute Gasteiger partial charge is 0.493 e. The van der Waals surface area contributed by atoms with Crippen LogP contribution in [0.3, 0.4) is 0 Å². The lowest BCUT2D eigenvalue weighted by molar-refractivity contribution is 0.319. The molecule has 0 spiro atoms. The first kappa shape index (κ1) is 22.7. The van der Waals surface area contributed by atoms with E-state index in [4.69, 9.17) is 13.6 Å². The molecule has 35 heavy (non-hydrogen) atoms. The van der Waals surface area contributed by atoms with E-state index in [1.165, 1.54) is 0 Å². The lowest BCUT2D eigenvalue weighted by Crippen LogP contribution is -2.12. The summed E-state index contributed by atoms with van der Waals surface area (Å²) < 4.78 is 19.8. The van der Waals surface area contributed by atoms with Crippen LogP contribution in [-0.4, -0.2) is 26.4 Å². The highest BCUT2D eigenvalue weighted by molar-refractivity contribution is 5.53. The molecule has 0 bridgehead atoms. The highest BCUT2D eigenvalue weighted by Gasteiger charge is 2.20. The molecule has 7 nitrogen and oxygen atoms in total. The number of ether oxygens (including phenoxy) is 1. The molecule has 0 radical (unpaired) electrons. The van der Waals surface area contributed by atoms with Gasteiger partial charge in [-0.25, -0.2) is 4.98 Å². The summed E-state index contributed by atoms with van der Waals surface area (Å²) >= 11 is 0. The van der Waals surface area contributed by atoms with Crippen LogP contribution in [0.1, 0.15) is 41.8 Å². The molecule has 3 aromatic heterocycles. The van der Waals surface area contributed by atoms with E-state index >= 15 is 0 Å². The molecule has 0 fully saturated rings. The Morgan fingerprint density at radius 3 is 2.40 bits per heavy atom. The normalized spacial score (nSPS) is 12.1. The van der Waals surface area contributed by atoms with E-state index < -0.39 is 0 Å². The number of rotatable bonds is 10. The molecule has 0 aliphatic carbocycles. The van der Waals surface area contributed by atoms with Gasteiger partial charge in [0.1, 0.15) is 17.6 Å². The van der Waals surface area contributed by atoms with Gasteiger partial charge in [0.15, 0.2) is 0 Å². The monoisotopic (exact) mass is 468 g/mol. The highest BCUT2D eigenvalue weighted by atomic mass is 16.5. The van der Waals surface area contributed by atoms with Gasteiger partial charge >= 0.3 is 0 Å². The minimum atomic E-state index is -0.0569. The summed E-state index contributed by atoms with van der Waals surface area (Å²) in [4.78, 5) is 4.65. The zero-order valence-corrected chi connectivity index (χ0v) is 19.9. The van der Waals surface area contributed by atoms with Crippen molar-refractivity contribution in [2.24, 2.45) is 0 Å². The first-order chi connectivity index (χ1) is 17.2. The van der Waals surface area contributed by atoms with Crippen molar-refractivity contribution < 1.29 is 13.6 Å². The van der Waals surface area contributed by atoms with Crippen molar-refractivity contribution in [1.29, 1.82) is 0 Å². The number of benzene rings is 2. The van der Waals surface area contributed by atoms with Crippen LogP contribution in [0.5, 0.6) is 5.75 Å². The van der Waals surface area contributed by atoms with Crippen molar-refractivity contribution in [3.8, 4) is 17.2 Å². The highest BCUT2D eigenvalue weighted by Crippen LogP contribution is 2.25. The number of hydrogen-bond donors (Lipinski definition) is 0. The molecule has 7 heteroatoms. The Morgan fingerprint density at radius 2 is 1.69 bits per heavy atom. The minimum Gasteiger partial charge on any atom is -0.493 e. The summed E-state index contributed by atoms with van der Waals surface area (Å²) in [5.74, 6) is 3.57. The maximum absolute atomic E-state index is 5.99. The average molecular weight is 469 g/mol. The van der Waals surface area contributed by atoms with Crippen molar-refractivity contribution in [3.05, 3.63) is 108 Å². The molecule has 3 heterocycles. The number of hydrogen-bond acceptors (Lipinski definition) is 6. The molecule has 2 aromatic carbocycles. The maximum atomic E-state index is 5.99. The Labute approximate surface area is 204 Å². The molecular weight excluding hydrogens is 440 g/mol. The van der Waals surface area contributed by atoms with Crippen molar-refractivity contribution in [2.45, 2.75) is 39.2 Å². The Hall–Kier alpha value is -4.13. The molecule has 178 valence electrons. The summed E-state index contributed by atoms with van der Waals surface area (Å²) in [6.45, 7) is 4.47. The quantitative estimate of drug-likeness (QED) is 0.256. The lowest BCUT2D eigenvalue weighted by atomic mass is 10.1. The predicted molar refractivity (Wildman–Crippen MR) is 132 cm³/mol. The van der Waals surface area contributed by atoms with Gasteiger partial charge in [0.25, 0.3) is 0 Å². The van der Waals surface area contributed by atoms with Crippen LogP contribution in [0, 0.1) is 6.92 Å². The SMILES string of the molecule is CCc1nnc([C@@H](Cc2ccc(OCCc3nc(-c4ccccc4)oc3C)cc2)n2cccc2)o1. The van der Waals surface area contributed by atoms with Gasteiger partial charge in [0.05, 0.1) is 12.3 Å². The van der Waals surface area contributed by atoms with Crippen molar-refractivity contribution in [1.82, 2.24) is 19.7 Å². The van der Waals surface area contributed by atoms with Gasteiger partial charge in [0.2, 0.25) is 17.7 Å². The van der Waals surface area contributed by atoms with Crippen LogP contribution in [0.25, 0.3) is 11.5 Å². The van der Waals surface area contributed by atoms with Crippen LogP contribution in [0.15, 0.2) is 88.0 Å². The van der Waals surface area contributed by atoms with E-state index in [2.05, 4.69) is 31.9 Å². The lowest BCUT2D eigenvalue weighted by Gasteiger charge is -2.16. The fourth-order valence-electron chi connectivity index (χ4n) is 3.99. The third-order valence-electron chi connectivity index (χ3n) is 5.93. The van der Waals surface area contributed by atoms with Gasteiger partial charge in [-0.3, -0.25) is 0 Å². The predicted octanol–water partition coefficient (Wildman–Crippen LogP) is 5.85. The Morgan fingerprint density at radius 1 is 0.914 bits per heavy atom. The standard InChI is InChI=1S/C28H28N4O3/c1-3-26-30-31-28(35-26)25(32-16-7-8-17-32)19-21-11-13-23(14-12-21)33-18-15-24-20(2)34-27(29-24)22-9-5-4-6-10-22/h4-14,16-17,25H,3,15,18-19H2,1-2H3/t25-/m1/s1. The summed E-state index contributed by atoms with van der Waals surface area (Å²) in [6, 6.07) is 22.0. The van der Waals surface area contributed by atoms with Crippen LogP contribution < -0.4 is 4.74 Å². The molecule has 5 aromatic rings. The van der Waals surface area contributed by atoms with E-state index in [0.717, 1.165) is 41.2 Å². The third-order valence-corrected chi connectivity index (χ3v) is 5.93. The Balaban J connectivity index is 1.20. The topological polar surface area (TPSA) is 79.1 Å². The van der Waals surface area contributed by atoms with Crippen LogP contribution >= 0.6 is 0 Å². The first-order valence-electron chi connectivity index (χ1n) is 11.9. The van der Waals surface area contributed by atoms with Crippen LogP contribution in [-0.2, 0) is 19.3 Å². The van der Waals surface area contributed by atoms with E-state index in [9.17, 15) is 0 Å². The van der Waals surface area contributed by atoms with E-state index in [1.54, 1.807) is 0 Å². The number of nitrogens with zero attached hydrogens (tertiary/aromatic N) is 4. The van der Waals surface area contributed by atoms with Gasteiger partial charge in [0, 0.05) is 37.2 Å². The molecular formula is C28H28N4O3. The Bertz CT molecular complexity index is 1340. The number of oxazole rings is 1. The minimum absolute atomic E-state index is 0.0569. The second-order valence-electron chi connectivity index (χ2n) is 8.37. The molecule has 0 aliphatic heterocycles. The van der Waals surface area contributed by atoms with E-state index in [0.29, 0.717) is 30.7 Å². The molecule has 0 saturated heterocycles. The fraction of sp³-hybridized carbons (Fsp3) is 0.250. The number of aromatic nitrogens is 4. The van der Waals surface area contributed by atoms with Crippen molar-refractivity contribution >= 4 is 0 Å². The summed E-state index contributed by atoms with van der Waals surface area (Å²) in [7, 11) is 0. The van der Waals surface area contributed by atoms with Crippen molar-refractivity contribution in [2.75, 3.05) is 6.61 Å². The van der Waals surface area contributed by atoms with E-state index in [1.807, 2.05) is 80.8 Å². The molecule has 0 unspecified atom stereocenters. The first-order valence-corrected chi connectivity index (χ1v) is 11.9. The molecule has 0 N–H and O–H groups in total. The summed E-state index contributed by atoms with van der Waals surface area (Å²) in [5, 5.41) is 8.42. The van der Waals surface area contributed by atoms with Gasteiger partial charge in [-0.15, -0.1) is 10.2 Å². The Kier molecular flexibility index (Phi) is 6.75. The van der Waals surface area contributed by atoms with Gasteiger partial charge in [-0.2, -0.15) is 0 Å². The van der Waals surface area contributed by atoms with E-state index in [-0.39, 0.29) is 6.04 Å². The molecule has 0 amide bonds. The zero-order chi connectivity index (χ0) is 24.0. The second-order valence-corrected chi connectivity index (χ2v) is 8.37. The summed E-state index contributed by atoms with van der Waals surface area (Å²) in [5.41, 5.74) is 3.05. The van der Waals surface area contributed by atoms with Crippen LogP contribution in [0.2, 0.25) is 0 Å². The van der Waals surface area contributed by atoms with Gasteiger partial charge in [-0.05, 0) is 48.9 Å². The van der Waals surface area contributed by atoms with Crippen molar-refractivity contribution in [3.63, 3.8) is 0 Å². The van der Waals surface area contributed by atoms with Gasteiger partial charge in [-0.1, -0.05) is 37.3 Å². The maximum Gasteiger partial charge on any atom is 0.239 e. The zero-order valence-electron chi connectivity index (χ0n) is 19.9. The summed E-state index contributed by atoms with van der Waals surface area (Å²) in [6.07, 6.45) is 6.18. The smallest absolute Gasteiger partial charge is 0.239 e. The fourth-order valence-corrected chi connectivity index (χ4v) is 3.99.